The van der Waals surface area contributed by atoms with Crippen LogP contribution in [0.3, 0.4) is 0 Å². The highest BCUT2D eigenvalue weighted by atomic mass is 127. The van der Waals surface area contributed by atoms with Crippen molar-refractivity contribution in [3.63, 3.8) is 0 Å². The molecule has 0 saturated heterocycles. The van der Waals surface area contributed by atoms with Gasteiger partial charge in [-0.25, -0.2) is 0 Å². The maximum atomic E-state index is 5.36. The fourth-order valence-corrected chi connectivity index (χ4v) is 0.453. The molecule has 1 aromatic carbocycles. The Kier molecular flexibility index (Phi) is 10.9. The van der Waals surface area contributed by atoms with Gasteiger partial charge in [0.1, 0.15) is 0 Å². The molecule has 0 bridgehead atoms. The summed E-state index contributed by atoms with van der Waals surface area (Å²) in [5, 5.41) is 0. The second-order valence-electron chi connectivity index (χ2n) is 1.41. The molecule has 0 aromatic heterocycles. The van der Waals surface area contributed by atoms with Gasteiger partial charge in [0.15, 0.2) is 0 Å². The number of nitrogens with two attached hydrogens (primary N) is 1. The second kappa shape index (κ2) is 8.75. The molecule has 0 unspecified atom stereocenters. The standard InChI is InChI=1S/C6H7N.C2H6.HI.H2/c7-6-4-2-1-3-5-6;1-2;;/h1-5H,7H2;1-2H3;2*1H. The van der Waals surface area contributed by atoms with E-state index in [1.165, 1.54) is 0 Å². The van der Waals surface area contributed by atoms with Gasteiger partial charge in [-0.3, -0.25) is 0 Å². The van der Waals surface area contributed by atoms with Crippen LogP contribution in [0.2, 0.25) is 0 Å². The zero-order valence-electron chi connectivity index (χ0n) is 6.37. The summed E-state index contributed by atoms with van der Waals surface area (Å²) in [6.45, 7) is 4.00. The van der Waals surface area contributed by atoms with E-state index in [-0.39, 0.29) is 25.4 Å². The van der Waals surface area contributed by atoms with Crippen molar-refractivity contribution < 1.29 is 1.43 Å². The summed E-state index contributed by atoms with van der Waals surface area (Å²) in [5.74, 6) is 0. The molecule has 0 aliphatic carbocycles. The number of hydrogen-bond donors (Lipinski definition) is 1. The molecule has 2 heteroatoms. The molecular weight excluding hydrogens is 237 g/mol. The predicted molar refractivity (Wildman–Crippen MR) is 59.7 cm³/mol. The number of hydrogen-bond acceptors (Lipinski definition) is 1. The summed E-state index contributed by atoms with van der Waals surface area (Å²) < 4.78 is 0. The van der Waals surface area contributed by atoms with E-state index >= 15 is 0 Å². The Morgan fingerprint density at radius 3 is 1.70 bits per heavy atom. The lowest BCUT2D eigenvalue weighted by molar-refractivity contribution is 1.50. The number of rotatable bonds is 0. The number of anilines is 1. The Labute approximate surface area is 81.1 Å². The summed E-state index contributed by atoms with van der Waals surface area (Å²) >= 11 is 0. The Balaban J connectivity index is -0.000000149. The topological polar surface area (TPSA) is 26.0 Å². The van der Waals surface area contributed by atoms with E-state index in [9.17, 15) is 0 Å². The fraction of sp³-hybridized carbons (Fsp3) is 0.250. The molecule has 2 N–H and O–H groups in total. The molecule has 0 atom stereocenters. The normalized spacial score (nSPS) is 6.60. The number of para-hydroxylation sites is 1. The molecule has 0 aliphatic rings. The van der Waals surface area contributed by atoms with E-state index < -0.39 is 0 Å². The first-order valence-corrected chi connectivity index (χ1v) is 3.20. The van der Waals surface area contributed by atoms with E-state index in [1.807, 2.05) is 44.2 Å². The molecule has 10 heavy (non-hydrogen) atoms. The molecule has 0 spiro atoms. The van der Waals surface area contributed by atoms with E-state index in [2.05, 4.69) is 0 Å². The summed E-state index contributed by atoms with van der Waals surface area (Å²) in [4.78, 5) is 0. The van der Waals surface area contributed by atoms with Crippen LogP contribution >= 0.6 is 24.0 Å². The molecule has 0 heterocycles. The van der Waals surface area contributed by atoms with Crippen LogP contribution in [-0.2, 0) is 0 Å². The summed E-state index contributed by atoms with van der Waals surface area (Å²) in [6.07, 6.45) is 0. The van der Waals surface area contributed by atoms with Crippen molar-refractivity contribution in [3.05, 3.63) is 30.3 Å². The average Bonchev–Trinajstić information content (AvgIpc) is 1.94. The molecule has 0 saturated carbocycles. The van der Waals surface area contributed by atoms with Gasteiger partial charge in [-0.1, -0.05) is 32.0 Å². The van der Waals surface area contributed by atoms with Gasteiger partial charge in [-0.15, -0.1) is 24.0 Å². The van der Waals surface area contributed by atoms with Gasteiger partial charge < -0.3 is 5.73 Å². The van der Waals surface area contributed by atoms with Crippen LogP contribution in [0.4, 0.5) is 5.69 Å². The van der Waals surface area contributed by atoms with Crippen LogP contribution in [-0.4, -0.2) is 0 Å². The molecule has 0 radical (unpaired) electrons. The molecule has 0 aliphatic heterocycles. The van der Waals surface area contributed by atoms with Gasteiger partial charge in [-0.2, -0.15) is 0 Å². The van der Waals surface area contributed by atoms with Crippen LogP contribution in [0, 0.1) is 0 Å². The minimum Gasteiger partial charge on any atom is -0.399 e. The highest BCUT2D eigenvalue weighted by Gasteiger charge is 1.72. The third kappa shape index (κ3) is 5.88. The van der Waals surface area contributed by atoms with Gasteiger partial charge in [0.05, 0.1) is 0 Å². The molecule has 0 amide bonds. The minimum absolute atomic E-state index is 0. The van der Waals surface area contributed by atoms with Crippen LogP contribution in [0.25, 0.3) is 0 Å². The van der Waals surface area contributed by atoms with Crippen LogP contribution in [0.1, 0.15) is 15.3 Å². The molecule has 1 nitrogen and oxygen atoms in total. The highest BCUT2D eigenvalue weighted by Crippen LogP contribution is 1.95. The minimum atomic E-state index is 0. The maximum Gasteiger partial charge on any atom is 0.0313 e. The van der Waals surface area contributed by atoms with Crippen LogP contribution < -0.4 is 5.73 Å². The zero-order chi connectivity index (χ0) is 7.11. The maximum absolute atomic E-state index is 5.36. The van der Waals surface area contributed by atoms with Crippen LogP contribution in [0.15, 0.2) is 30.3 Å². The Bertz CT molecular complexity index is 144. The first kappa shape index (κ1) is 12.4. The van der Waals surface area contributed by atoms with Crippen molar-refractivity contribution in [2.45, 2.75) is 13.8 Å². The zero-order valence-corrected chi connectivity index (χ0v) is 8.70. The quantitative estimate of drug-likeness (QED) is 0.557. The monoisotopic (exact) mass is 253 g/mol. The van der Waals surface area contributed by atoms with Gasteiger partial charge in [-0.05, 0) is 12.1 Å². The van der Waals surface area contributed by atoms with Gasteiger partial charge in [0, 0.05) is 7.11 Å². The Morgan fingerprint density at radius 1 is 1.10 bits per heavy atom. The van der Waals surface area contributed by atoms with Crippen molar-refractivity contribution in [1.82, 2.24) is 0 Å². The van der Waals surface area contributed by atoms with Crippen molar-refractivity contribution in [2.75, 3.05) is 5.73 Å². The van der Waals surface area contributed by atoms with Crippen molar-refractivity contribution in [3.8, 4) is 0 Å². The van der Waals surface area contributed by atoms with Gasteiger partial charge in [0.25, 0.3) is 0 Å². The lowest BCUT2D eigenvalue weighted by atomic mass is 10.3. The molecule has 0 fully saturated rings. The third-order valence-corrected chi connectivity index (χ3v) is 0.800. The van der Waals surface area contributed by atoms with E-state index in [0.29, 0.717) is 0 Å². The average molecular weight is 253 g/mol. The van der Waals surface area contributed by atoms with E-state index in [0.717, 1.165) is 5.69 Å². The Morgan fingerprint density at radius 2 is 1.50 bits per heavy atom. The number of nitrogen functional groups attached to an aromatic ring is 1. The summed E-state index contributed by atoms with van der Waals surface area (Å²) in [6, 6.07) is 9.49. The predicted octanol–water partition coefficient (Wildman–Crippen LogP) is 3.16. The largest absolute Gasteiger partial charge is 0.399 e. The van der Waals surface area contributed by atoms with Crippen molar-refractivity contribution in [1.29, 1.82) is 0 Å². The van der Waals surface area contributed by atoms with Gasteiger partial charge in [0.2, 0.25) is 0 Å². The third-order valence-electron chi connectivity index (χ3n) is 0.800. The first-order chi connectivity index (χ1) is 4.39. The first-order valence-electron chi connectivity index (χ1n) is 3.20. The fourth-order valence-electron chi connectivity index (χ4n) is 0.453. The number of halogens is 1. The van der Waals surface area contributed by atoms with Crippen molar-refractivity contribution in [2.24, 2.45) is 0 Å². The lowest BCUT2D eigenvalue weighted by Gasteiger charge is -1.83. The summed E-state index contributed by atoms with van der Waals surface area (Å²) in [7, 11) is 0. The molecule has 60 valence electrons. The highest BCUT2D eigenvalue weighted by molar-refractivity contribution is 14.0. The van der Waals surface area contributed by atoms with E-state index in [1.54, 1.807) is 0 Å². The van der Waals surface area contributed by atoms with Crippen molar-refractivity contribution >= 4 is 29.7 Å². The van der Waals surface area contributed by atoms with Crippen LogP contribution in [0.5, 0.6) is 0 Å². The second-order valence-corrected chi connectivity index (χ2v) is 1.41. The SMILES string of the molecule is CC.I.Nc1ccccc1.[HH]. The number of benzene rings is 1. The Hall–Kier alpha value is -0.250. The van der Waals surface area contributed by atoms with E-state index in [4.69, 9.17) is 5.73 Å². The lowest BCUT2D eigenvalue weighted by Crippen LogP contribution is -1.79. The summed E-state index contributed by atoms with van der Waals surface area (Å²) in [5.41, 5.74) is 6.18. The molecule has 1 aromatic rings. The smallest absolute Gasteiger partial charge is 0.0313 e. The molecule has 1 rings (SSSR count). The van der Waals surface area contributed by atoms with Gasteiger partial charge >= 0.3 is 0 Å². The molecular formula is C8H16IN.